The highest BCUT2D eigenvalue weighted by Crippen LogP contribution is 2.21. The smallest absolute Gasteiger partial charge is 0.267 e. The second-order valence-electron chi connectivity index (χ2n) is 7.19. The summed E-state index contributed by atoms with van der Waals surface area (Å²) >= 11 is 0. The SMILES string of the molecule is CCc1ccc(C2=NN(C(=O)c3ccc(N=NC(C#N)c4nn[nH]n4)cc3)CCC2)cc1. The van der Waals surface area contributed by atoms with E-state index in [4.69, 9.17) is 0 Å². The van der Waals surface area contributed by atoms with Gasteiger partial charge in [0.25, 0.3) is 5.91 Å². The van der Waals surface area contributed by atoms with Crippen molar-refractivity contribution < 1.29 is 4.79 Å². The summed E-state index contributed by atoms with van der Waals surface area (Å²) in [7, 11) is 0. The lowest BCUT2D eigenvalue weighted by Crippen LogP contribution is -2.32. The number of azo groups is 1. The average Bonchev–Trinajstić information content (AvgIpc) is 3.39. The molecule has 0 radical (unpaired) electrons. The lowest BCUT2D eigenvalue weighted by atomic mass is 10.0. The van der Waals surface area contributed by atoms with Gasteiger partial charge in [0.2, 0.25) is 11.9 Å². The van der Waals surface area contributed by atoms with Crippen molar-refractivity contribution in [1.82, 2.24) is 25.6 Å². The number of rotatable bonds is 6. The third-order valence-electron chi connectivity index (χ3n) is 5.09. The molecular weight excluding hydrogens is 406 g/mol. The van der Waals surface area contributed by atoms with Gasteiger partial charge in [-0.2, -0.15) is 25.8 Å². The van der Waals surface area contributed by atoms with Gasteiger partial charge in [0, 0.05) is 12.1 Å². The maximum atomic E-state index is 13.0. The van der Waals surface area contributed by atoms with E-state index >= 15 is 0 Å². The van der Waals surface area contributed by atoms with E-state index in [0.29, 0.717) is 17.8 Å². The van der Waals surface area contributed by atoms with Crippen LogP contribution in [0.2, 0.25) is 0 Å². The number of nitrogens with one attached hydrogen (secondary N) is 1. The lowest BCUT2D eigenvalue weighted by Gasteiger charge is -2.24. The third-order valence-corrected chi connectivity index (χ3v) is 5.09. The van der Waals surface area contributed by atoms with Crippen molar-refractivity contribution in [3.05, 3.63) is 71.0 Å². The number of hydrogen-bond donors (Lipinski definition) is 1. The van der Waals surface area contributed by atoms with Gasteiger partial charge in [0.1, 0.15) is 0 Å². The number of aryl methyl sites for hydroxylation is 1. The first-order chi connectivity index (χ1) is 15.7. The lowest BCUT2D eigenvalue weighted by molar-refractivity contribution is 0.0751. The van der Waals surface area contributed by atoms with E-state index in [0.717, 1.165) is 30.5 Å². The van der Waals surface area contributed by atoms with E-state index in [9.17, 15) is 10.1 Å². The minimum Gasteiger partial charge on any atom is -0.267 e. The zero-order chi connectivity index (χ0) is 22.3. The summed E-state index contributed by atoms with van der Waals surface area (Å²) in [6, 6.07) is 16.0. The van der Waals surface area contributed by atoms with Crippen molar-refractivity contribution in [1.29, 1.82) is 5.26 Å². The maximum Gasteiger partial charge on any atom is 0.273 e. The molecule has 10 nitrogen and oxygen atoms in total. The van der Waals surface area contributed by atoms with Crippen molar-refractivity contribution in [2.75, 3.05) is 6.54 Å². The molecule has 3 aromatic rings. The first-order valence-electron chi connectivity index (χ1n) is 10.3. The zero-order valence-electron chi connectivity index (χ0n) is 17.5. The fraction of sp³-hybridized carbons (Fsp3) is 0.273. The fourth-order valence-electron chi connectivity index (χ4n) is 3.29. The summed E-state index contributed by atoms with van der Waals surface area (Å²) in [6.07, 6.45) is 2.69. The van der Waals surface area contributed by atoms with Gasteiger partial charge in [-0.25, -0.2) is 5.01 Å². The number of hydrogen-bond acceptors (Lipinski definition) is 8. The van der Waals surface area contributed by atoms with Gasteiger partial charge in [-0.15, -0.1) is 10.2 Å². The predicted octanol–water partition coefficient (Wildman–Crippen LogP) is 3.75. The number of amides is 1. The Labute approximate surface area is 184 Å². The number of hydrazone groups is 1. The van der Waals surface area contributed by atoms with E-state index in [-0.39, 0.29) is 11.7 Å². The maximum absolute atomic E-state index is 13.0. The fourth-order valence-corrected chi connectivity index (χ4v) is 3.29. The van der Waals surface area contributed by atoms with Crippen LogP contribution in [0.3, 0.4) is 0 Å². The molecule has 4 rings (SSSR count). The number of H-pyrrole nitrogens is 1. The van der Waals surface area contributed by atoms with Gasteiger partial charge in [-0.3, -0.25) is 4.79 Å². The number of aromatic amines is 1. The van der Waals surface area contributed by atoms with Crippen molar-refractivity contribution in [2.24, 2.45) is 15.3 Å². The van der Waals surface area contributed by atoms with Gasteiger partial charge < -0.3 is 0 Å². The Balaban J connectivity index is 1.46. The van der Waals surface area contributed by atoms with E-state index in [1.807, 2.05) is 6.07 Å². The van der Waals surface area contributed by atoms with E-state index < -0.39 is 6.04 Å². The highest BCUT2D eigenvalue weighted by molar-refractivity contribution is 6.03. The van der Waals surface area contributed by atoms with Crippen LogP contribution in [0.25, 0.3) is 0 Å². The predicted molar refractivity (Wildman–Crippen MR) is 116 cm³/mol. The summed E-state index contributed by atoms with van der Waals surface area (Å²) in [5.41, 5.74) is 4.24. The van der Waals surface area contributed by atoms with Crippen LogP contribution >= 0.6 is 0 Å². The van der Waals surface area contributed by atoms with Crippen molar-refractivity contribution in [3.63, 3.8) is 0 Å². The number of benzene rings is 2. The Hall–Kier alpha value is -4.26. The van der Waals surface area contributed by atoms with Crippen LogP contribution in [0.15, 0.2) is 63.9 Å². The number of nitriles is 1. The van der Waals surface area contributed by atoms with Crippen LogP contribution in [0.5, 0.6) is 0 Å². The molecule has 1 N–H and O–H groups in total. The zero-order valence-corrected chi connectivity index (χ0v) is 17.5. The molecule has 1 aromatic heterocycles. The molecular formula is C22H21N9O. The second kappa shape index (κ2) is 9.70. The molecule has 10 heteroatoms. The molecule has 0 aliphatic carbocycles. The number of carbonyl (C=O) groups is 1. The second-order valence-corrected chi connectivity index (χ2v) is 7.19. The monoisotopic (exact) mass is 427 g/mol. The molecule has 32 heavy (non-hydrogen) atoms. The van der Waals surface area contributed by atoms with Gasteiger partial charge in [0.15, 0.2) is 0 Å². The molecule has 1 aliphatic heterocycles. The molecule has 0 saturated heterocycles. The number of nitrogens with zero attached hydrogens (tertiary/aromatic N) is 8. The molecule has 160 valence electrons. The number of tetrazole rings is 1. The molecule has 1 unspecified atom stereocenters. The van der Waals surface area contributed by atoms with Crippen molar-refractivity contribution >= 4 is 17.3 Å². The first kappa shape index (κ1) is 21.0. The van der Waals surface area contributed by atoms with Crippen molar-refractivity contribution in [2.45, 2.75) is 32.2 Å². The Bertz CT molecular complexity index is 1160. The molecule has 1 atom stereocenters. The van der Waals surface area contributed by atoms with Crippen molar-refractivity contribution in [3.8, 4) is 6.07 Å². The highest BCUT2D eigenvalue weighted by Gasteiger charge is 2.21. The molecule has 2 heterocycles. The number of aromatic nitrogens is 4. The van der Waals surface area contributed by atoms with Gasteiger partial charge in [-0.1, -0.05) is 36.4 Å². The molecule has 1 amide bonds. The molecule has 0 fully saturated rings. The van der Waals surface area contributed by atoms with Crippen LogP contribution in [0.4, 0.5) is 5.69 Å². The van der Waals surface area contributed by atoms with E-state index in [2.05, 4.69) is 67.1 Å². The van der Waals surface area contributed by atoms with Gasteiger partial charge in [-0.05, 0) is 54.7 Å². The third kappa shape index (κ3) is 4.73. The molecule has 1 aliphatic rings. The van der Waals surface area contributed by atoms with Crippen LogP contribution < -0.4 is 0 Å². The Morgan fingerprint density at radius 1 is 1.22 bits per heavy atom. The summed E-state index contributed by atoms with van der Waals surface area (Å²) in [5.74, 6) is -0.0243. The van der Waals surface area contributed by atoms with Crippen LogP contribution in [0.1, 0.15) is 53.1 Å². The van der Waals surface area contributed by atoms with Gasteiger partial charge in [0.05, 0.1) is 17.5 Å². The minimum atomic E-state index is -0.956. The Morgan fingerprint density at radius 3 is 2.66 bits per heavy atom. The van der Waals surface area contributed by atoms with Gasteiger partial charge >= 0.3 is 0 Å². The van der Waals surface area contributed by atoms with Crippen LogP contribution in [0, 0.1) is 11.3 Å². The highest BCUT2D eigenvalue weighted by atomic mass is 16.2. The molecule has 0 spiro atoms. The largest absolute Gasteiger partial charge is 0.273 e. The number of carbonyl (C=O) groups excluding carboxylic acids is 1. The summed E-state index contributed by atoms with van der Waals surface area (Å²) in [5, 5.41) is 36.4. The average molecular weight is 427 g/mol. The Morgan fingerprint density at radius 2 is 2.00 bits per heavy atom. The summed E-state index contributed by atoms with van der Waals surface area (Å²) < 4.78 is 0. The normalized spacial score (nSPS) is 14.8. The van der Waals surface area contributed by atoms with Crippen LogP contribution in [-0.4, -0.2) is 43.8 Å². The first-order valence-corrected chi connectivity index (χ1v) is 10.3. The summed E-state index contributed by atoms with van der Waals surface area (Å²) in [6.45, 7) is 2.70. The van der Waals surface area contributed by atoms with E-state index in [1.54, 1.807) is 24.3 Å². The summed E-state index contributed by atoms with van der Waals surface area (Å²) in [4.78, 5) is 13.0. The molecule has 0 saturated carbocycles. The Kier molecular flexibility index (Phi) is 6.36. The topological polar surface area (TPSA) is 136 Å². The standard InChI is InChI=1S/C22H21N9O/c1-2-15-5-7-16(8-6-15)19-4-3-13-31(28-19)22(32)17-9-11-18(12-10-17)24-25-20(14-23)21-26-29-30-27-21/h5-12,20H,2-4,13H2,1H3,(H,26,27,29,30). The minimum absolute atomic E-state index is 0.145. The van der Waals surface area contributed by atoms with Crippen LogP contribution in [-0.2, 0) is 6.42 Å². The quantitative estimate of drug-likeness (QED) is 0.598. The molecule has 0 bridgehead atoms. The van der Waals surface area contributed by atoms with E-state index in [1.165, 1.54) is 10.6 Å². The molecule has 2 aromatic carbocycles.